The minimum atomic E-state index is -1.02. The summed E-state index contributed by atoms with van der Waals surface area (Å²) < 4.78 is 13.2. The first-order valence-electron chi connectivity index (χ1n) is 7.90. The van der Waals surface area contributed by atoms with E-state index in [1.54, 1.807) is 12.1 Å². The van der Waals surface area contributed by atoms with Gasteiger partial charge in [-0.1, -0.05) is 42.5 Å². The average Bonchev–Trinajstić information content (AvgIpc) is 2.55. The van der Waals surface area contributed by atoms with E-state index >= 15 is 0 Å². The van der Waals surface area contributed by atoms with Crippen LogP contribution in [0.2, 0.25) is 0 Å². The highest BCUT2D eigenvalue weighted by Crippen LogP contribution is 2.18. The van der Waals surface area contributed by atoms with Gasteiger partial charge in [-0.15, -0.1) is 0 Å². The zero-order valence-electron chi connectivity index (χ0n) is 13.3. The van der Waals surface area contributed by atoms with Crippen LogP contribution in [0.5, 0.6) is 0 Å². The van der Waals surface area contributed by atoms with Gasteiger partial charge >= 0.3 is 5.97 Å². The molecule has 0 bridgehead atoms. The van der Waals surface area contributed by atoms with E-state index in [2.05, 4.69) is 0 Å². The summed E-state index contributed by atoms with van der Waals surface area (Å²) in [5, 5.41) is 19.6. The third kappa shape index (κ3) is 5.44. The predicted octanol–water partition coefficient (Wildman–Crippen LogP) is 2.39. The highest BCUT2D eigenvalue weighted by Gasteiger charge is 2.25. The van der Waals surface area contributed by atoms with Crippen LogP contribution < -0.4 is 5.73 Å². The Hall–Kier alpha value is -2.24. The third-order valence-corrected chi connectivity index (χ3v) is 4.05. The minimum Gasteiger partial charge on any atom is -0.481 e. The molecule has 0 amide bonds. The number of carboxylic acids is 1. The summed E-state index contributed by atoms with van der Waals surface area (Å²) in [5.74, 6) is -2.24. The molecule has 0 radical (unpaired) electrons. The van der Waals surface area contributed by atoms with Crippen molar-refractivity contribution in [1.29, 1.82) is 0 Å². The van der Waals surface area contributed by atoms with Gasteiger partial charge in [-0.2, -0.15) is 0 Å². The highest BCUT2D eigenvalue weighted by molar-refractivity contribution is 5.70. The summed E-state index contributed by atoms with van der Waals surface area (Å²) in [6.45, 7) is 0. The summed E-state index contributed by atoms with van der Waals surface area (Å²) in [6.07, 6.45) is -0.295. The second-order valence-corrected chi connectivity index (χ2v) is 6.03. The van der Waals surface area contributed by atoms with Gasteiger partial charge in [0.1, 0.15) is 5.82 Å². The number of benzene rings is 2. The predicted molar refractivity (Wildman–Crippen MR) is 90.0 cm³/mol. The summed E-state index contributed by atoms with van der Waals surface area (Å²) >= 11 is 0. The zero-order valence-corrected chi connectivity index (χ0v) is 13.3. The highest BCUT2D eigenvalue weighted by atomic mass is 19.1. The molecule has 0 aliphatic carbocycles. The Kier molecular flexibility index (Phi) is 6.46. The molecule has 4 nitrogen and oxygen atoms in total. The first-order chi connectivity index (χ1) is 11.5. The normalized spacial score (nSPS) is 14.8. The molecule has 0 heterocycles. The maximum absolute atomic E-state index is 13.2. The molecule has 3 atom stereocenters. The van der Waals surface area contributed by atoms with Crippen LogP contribution in [0.25, 0.3) is 0 Å². The molecular formula is C19H22FNO3. The van der Waals surface area contributed by atoms with Gasteiger partial charge in [0.25, 0.3) is 0 Å². The van der Waals surface area contributed by atoms with Crippen LogP contribution in [0, 0.1) is 11.7 Å². The maximum Gasteiger partial charge on any atom is 0.306 e. The van der Waals surface area contributed by atoms with Crippen LogP contribution in [0.1, 0.15) is 17.5 Å². The van der Waals surface area contributed by atoms with Crippen LogP contribution in [0.15, 0.2) is 54.6 Å². The Labute approximate surface area is 140 Å². The SMILES string of the molecule is NC(Cc1ccccc1)C(O)CC(Cc1cccc(F)c1)C(=O)O. The molecule has 128 valence electrons. The van der Waals surface area contributed by atoms with E-state index in [0.29, 0.717) is 12.0 Å². The van der Waals surface area contributed by atoms with Crippen molar-refractivity contribution in [2.75, 3.05) is 0 Å². The van der Waals surface area contributed by atoms with Crippen LogP contribution in [-0.2, 0) is 17.6 Å². The summed E-state index contributed by atoms with van der Waals surface area (Å²) in [7, 11) is 0. The number of rotatable bonds is 8. The standard InChI is InChI=1S/C19H22FNO3/c20-16-8-4-7-14(10-16)9-15(19(23)24)12-18(22)17(21)11-13-5-2-1-3-6-13/h1-8,10,15,17-18,22H,9,11-12,21H2,(H,23,24). The minimum absolute atomic E-state index is 0.0276. The van der Waals surface area contributed by atoms with Crippen molar-refractivity contribution in [3.63, 3.8) is 0 Å². The lowest BCUT2D eigenvalue weighted by molar-refractivity contribution is -0.142. The Balaban J connectivity index is 1.97. The smallest absolute Gasteiger partial charge is 0.306 e. The molecule has 3 unspecified atom stereocenters. The fourth-order valence-electron chi connectivity index (χ4n) is 2.71. The van der Waals surface area contributed by atoms with Crippen molar-refractivity contribution >= 4 is 5.97 Å². The number of aliphatic carboxylic acids is 1. The van der Waals surface area contributed by atoms with Crippen LogP contribution in [0.4, 0.5) is 4.39 Å². The Morgan fingerprint density at radius 2 is 1.71 bits per heavy atom. The number of halogens is 1. The summed E-state index contributed by atoms with van der Waals surface area (Å²) in [4.78, 5) is 11.5. The molecule has 24 heavy (non-hydrogen) atoms. The van der Waals surface area contributed by atoms with E-state index in [9.17, 15) is 19.4 Å². The molecule has 0 spiro atoms. The van der Waals surface area contributed by atoms with Crippen LogP contribution >= 0.6 is 0 Å². The van der Waals surface area contributed by atoms with E-state index in [4.69, 9.17) is 5.73 Å². The molecule has 0 aliphatic rings. The molecule has 2 aromatic rings. The first-order valence-corrected chi connectivity index (χ1v) is 7.90. The van der Waals surface area contributed by atoms with Gasteiger partial charge in [-0.3, -0.25) is 4.79 Å². The zero-order chi connectivity index (χ0) is 17.5. The summed E-state index contributed by atoms with van der Waals surface area (Å²) in [5.41, 5.74) is 7.59. The maximum atomic E-state index is 13.2. The lowest BCUT2D eigenvalue weighted by atomic mass is 9.90. The Morgan fingerprint density at radius 1 is 1.04 bits per heavy atom. The Bertz CT molecular complexity index is 663. The monoisotopic (exact) mass is 331 g/mol. The number of hydrogen-bond acceptors (Lipinski definition) is 3. The fraction of sp³-hybridized carbons (Fsp3) is 0.316. The topological polar surface area (TPSA) is 83.5 Å². The van der Waals surface area contributed by atoms with Gasteiger partial charge < -0.3 is 15.9 Å². The van der Waals surface area contributed by atoms with Crippen molar-refractivity contribution in [2.24, 2.45) is 11.7 Å². The average molecular weight is 331 g/mol. The molecule has 0 aliphatic heterocycles. The van der Waals surface area contributed by atoms with E-state index in [1.807, 2.05) is 30.3 Å². The number of carbonyl (C=O) groups is 1. The molecule has 4 N–H and O–H groups in total. The molecular weight excluding hydrogens is 309 g/mol. The molecule has 0 saturated heterocycles. The van der Waals surface area contributed by atoms with Crippen LogP contribution in [0.3, 0.4) is 0 Å². The van der Waals surface area contributed by atoms with Crippen LogP contribution in [-0.4, -0.2) is 28.3 Å². The van der Waals surface area contributed by atoms with E-state index in [0.717, 1.165) is 5.56 Å². The second-order valence-electron chi connectivity index (χ2n) is 6.03. The van der Waals surface area contributed by atoms with Crippen molar-refractivity contribution in [2.45, 2.75) is 31.4 Å². The molecule has 2 aromatic carbocycles. The lowest BCUT2D eigenvalue weighted by Gasteiger charge is -2.22. The largest absolute Gasteiger partial charge is 0.481 e. The lowest BCUT2D eigenvalue weighted by Crippen LogP contribution is -2.39. The van der Waals surface area contributed by atoms with E-state index in [1.165, 1.54) is 12.1 Å². The van der Waals surface area contributed by atoms with Crippen molar-refractivity contribution in [1.82, 2.24) is 0 Å². The number of nitrogens with two attached hydrogens (primary N) is 1. The third-order valence-electron chi connectivity index (χ3n) is 4.05. The molecule has 0 aromatic heterocycles. The van der Waals surface area contributed by atoms with Gasteiger partial charge in [-0.25, -0.2) is 4.39 Å². The number of carboxylic acid groups (broad SMARTS) is 1. The molecule has 2 rings (SSSR count). The Morgan fingerprint density at radius 3 is 2.33 bits per heavy atom. The van der Waals surface area contributed by atoms with Gasteiger partial charge in [0.05, 0.1) is 12.0 Å². The van der Waals surface area contributed by atoms with Crippen molar-refractivity contribution in [3.8, 4) is 0 Å². The fourth-order valence-corrected chi connectivity index (χ4v) is 2.71. The van der Waals surface area contributed by atoms with Crippen molar-refractivity contribution < 1.29 is 19.4 Å². The number of aliphatic hydroxyl groups is 1. The quantitative estimate of drug-likeness (QED) is 0.693. The first kappa shape index (κ1) is 18.1. The second kappa shape index (κ2) is 8.57. The molecule has 5 heteroatoms. The van der Waals surface area contributed by atoms with Crippen molar-refractivity contribution in [3.05, 3.63) is 71.5 Å². The van der Waals surface area contributed by atoms with Gasteiger partial charge in [-0.05, 0) is 42.5 Å². The van der Waals surface area contributed by atoms with Gasteiger partial charge in [0, 0.05) is 6.04 Å². The number of aliphatic hydroxyl groups excluding tert-OH is 1. The summed E-state index contributed by atoms with van der Waals surface area (Å²) in [6, 6.07) is 14.8. The molecule has 0 fully saturated rings. The van der Waals surface area contributed by atoms with Gasteiger partial charge in [0.15, 0.2) is 0 Å². The van der Waals surface area contributed by atoms with Gasteiger partial charge in [0.2, 0.25) is 0 Å². The van der Waals surface area contributed by atoms with E-state index in [-0.39, 0.29) is 12.8 Å². The van der Waals surface area contributed by atoms with E-state index < -0.39 is 29.9 Å². The number of hydrogen-bond donors (Lipinski definition) is 3. The molecule has 0 saturated carbocycles.